The molecule has 0 bridgehead atoms. The molecule has 1 amide bonds. The highest BCUT2D eigenvalue weighted by Crippen LogP contribution is 2.41. The minimum absolute atomic E-state index is 0.0695. The third kappa shape index (κ3) is 1.77. The summed E-state index contributed by atoms with van der Waals surface area (Å²) in [5.41, 5.74) is 0.805. The van der Waals surface area contributed by atoms with E-state index in [9.17, 15) is 4.79 Å². The van der Waals surface area contributed by atoms with Gasteiger partial charge in [0.15, 0.2) is 5.54 Å². The normalized spacial score (nSPS) is 17.2. The summed E-state index contributed by atoms with van der Waals surface area (Å²) in [6.07, 6.45) is 0. The summed E-state index contributed by atoms with van der Waals surface area (Å²) >= 11 is 0. The van der Waals surface area contributed by atoms with Crippen molar-refractivity contribution in [2.75, 3.05) is 13.6 Å². The molecule has 112 valence electrons. The number of nitrogens with one attached hydrogen (secondary N) is 1. The van der Waals surface area contributed by atoms with Crippen molar-refractivity contribution < 1.29 is 4.79 Å². The summed E-state index contributed by atoms with van der Waals surface area (Å²) in [6, 6.07) is 19.4. The molecular weight excluding hydrogens is 274 g/mol. The number of carbonyl (C=O) groups is 1. The van der Waals surface area contributed by atoms with Crippen molar-refractivity contribution in [2.45, 2.75) is 12.5 Å². The van der Waals surface area contributed by atoms with Gasteiger partial charge in [-0.05, 0) is 18.1 Å². The quantitative estimate of drug-likeness (QED) is 0.945. The summed E-state index contributed by atoms with van der Waals surface area (Å²) in [4.78, 5) is 16.5. The van der Waals surface area contributed by atoms with E-state index in [0.717, 1.165) is 11.1 Å². The highest BCUT2D eigenvalue weighted by atomic mass is 16.2. The van der Waals surface area contributed by atoms with Gasteiger partial charge in [-0.15, -0.1) is 0 Å². The topological polar surface area (TPSA) is 47.4 Å². The van der Waals surface area contributed by atoms with Gasteiger partial charge in [-0.2, -0.15) is 0 Å². The molecule has 0 atom stereocenters. The molecule has 0 aromatic heterocycles. The van der Waals surface area contributed by atoms with Crippen molar-refractivity contribution >= 4 is 11.9 Å². The van der Waals surface area contributed by atoms with Gasteiger partial charge in [-0.1, -0.05) is 60.7 Å². The van der Waals surface area contributed by atoms with Crippen LogP contribution in [0.5, 0.6) is 0 Å². The molecule has 3 rings (SSSR count). The lowest BCUT2D eigenvalue weighted by Crippen LogP contribution is -2.46. The third-order valence-electron chi connectivity index (χ3n) is 4.33. The highest BCUT2D eigenvalue weighted by Gasteiger charge is 2.55. The molecule has 0 saturated carbocycles. The van der Waals surface area contributed by atoms with Crippen LogP contribution in [-0.4, -0.2) is 35.3 Å². The van der Waals surface area contributed by atoms with Crippen LogP contribution in [0.15, 0.2) is 60.7 Å². The van der Waals surface area contributed by atoms with Gasteiger partial charge in [0, 0.05) is 13.6 Å². The van der Waals surface area contributed by atoms with Crippen molar-refractivity contribution in [3.8, 4) is 0 Å². The lowest BCUT2D eigenvalue weighted by Gasteiger charge is -2.34. The SMILES string of the molecule is CCN1C(=N)N(C)C(c2ccccc2)(c2ccccc2)C1=O. The molecule has 2 aromatic rings. The lowest BCUT2D eigenvalue weighted by molar-refractivity contribution is -0.131. The van der Waals surface area contributed by atoms with E-state index < -0.39 is 5.54 Å². The van der Waals surface area contributed by atoms with Crippen LogP contribution in [0.2, 0.25) is 0 Å². The second kappa shape index (κ2) is 5.30. The molecular formula is C18H19N3O. The van der Waals surface area contributed by atoms with Crippen molar-refractivity contribution in [3.05, 3.63) is 71.8 Å². The number of carbonyl (C=O) groups excluding carboxylic acids is 1. The second-order valence-electron chi connectivity index (χ2n) is 5.37. The molecule has 0 spiro atoms. The van der Waals surface area contributed by atoms with Crippen LogP contribution in [-0.2, 0) is 10.3 Å². The Morgan fingerprint density at radius 1 is 0.955 bits per heavy atom. The Morgan fingerprint density at radius 3 is 1.77 bits per heavy atom. The third-order valence-corrected chi connectivity index (χ3v) is 4.33. The van der Waals surface area contributed by atoms with Crippen molar-refractivity contribution in [1.29, 1.82) is 5.41 Å². The average molecular weight is 293 g/mol. The monoisotopic (exact) mass is 293 g/mol. The zero-order valence-electron chi connectivity index (χ0n) is 12.8. The number of rotatable bonds is 3. The van der Waals surface area contributed by atoms with E-state index in [1.54, 1.807) is 4.90 Å². The number of hydrogen-bond donors (Lipinski definition) is 1. The number of guanidine groups is 1. The summed E-state index contributed by atoms with van der Waals surface area (Å²) in [6.45, 7) is 2.38. The Hall–Kier alpha value is -2.62. The number of likely N-dealkylation sites (N-methyl/N-ethyl adjacent to an activating group) is 2. The van der Waals surface area contributed by atoms with E-state index in [4.69, 9.17) is 5.41 Å². The second-order valence-corrected chi connectivity index (χ2v) is 5.37. The molecule has 1 aliphatic rings. The molecule has 1 fully saturated rings. The molecule has 0 radical (unpaired) electrons. The molecule has 1 saturated heterocycles. The largest absolute Gasteiger partial charge is 0.323 e. The molecule has 22 heavy (non-hydrogen) atoms. The van der Waals surface area contributed by atoms with E-state index in [1.165, 1.54) is 4.90 Å². The van der Waals surface area contributed by atoms with Gasteiger partial charge < -0.3 is 4.90 Å². The van der Waals surface area contributed by atoms with Crippen LogP contribution in [0, 0.1) is 5.41 Å². The van der Waals surface area contributed by atoms with Gasteiger partial charge in [-0.3, -0.25) is 15.1 Å². The summed E-state index contributed by atoms with van der Waals surface area (Å²) in [7, 11) is 1.82. The van der Waals surface area contributed by atoms with E-state index in [0.29, 0.717) is 6.54 Å². The summed E-state index contributed by atoms with van der Waals surface area (Å²) < 4.78 is 0. The van der Waals surface area contributed by atoms with Gasteiger partial charge >= 0.3 is 0 Å². The molecule has 0 aliphatic carbocycles. The number of amides is 1. The van der Waals surface area contributed by atoms with Crippen LogP contribution in [0.4, 0.5) is 0 Å². The Kier molecular flexibility index (Phi) is 3.45. The van der Waals surface area contributed by atoms with Crippen molar-refractivity contribution in [1.82, 2.24) is 9.80 Å². The minimum Gasteiger partial charge on any atom is -0.323 e. The molecule has 0 unspecified atom stereocenters. The smallest absolute Gasteiger partial charge is 0.264 e. The maximum atomic E-state index is 13.2. The first-order valence-corrected chi connectivity index (χ1v) is 7.39. The van der Waals surface area contributed by atoms with Gasteiger partial charge in [0.05, 0.1) is 0 Å². The van der Waals surface area contributed by atoms with Gasteiger partial charge in [0.25, 0.3) is 5.91 Å². The van der Waals surface area contributed by atoms with E-state index in [1.807, 2.05) is 74.6 Å². The van der Waals surface area contributed by atoms with Gasteiger partial charge in [0.1, 0.15) is 0 Å². The van der Waals surface area contributed by atoms with Gasteiger partial charge in [0.2, 0.25) is 5.96 Å². The summed E-state index contributed by atoms with van der Waals surface area (Å²) in [5.74, 6) is 0.167. The first kappa shape index (κ1) is 14.3. The molecule has 4 heteroatoms. The zero-order valence-corrected chi connectivity index (χ0v) is 12.8. The minimum atomic E-state index is -0.963. The maximum absolute atomic E-state index is 13.2. The molecule has 1 aliphatic heterocycles. The number of hydrogen-bond acceptors (Lipinski definition) is 2. The predicted molar refractivity (Wildman–Crippen MR) is 86.5 cm³/mol. The standard InChI is InChI=1S/C18H19N3O/c1-3-21-16(22)18(20(2)17(21)19,14-10-6-4-7-11-14)15-12-8-5-9-13-15/h4-13,19H,3H2,1-2H3. The summed E-state index contributed by atoms with van der Waals surface area (Å²) in [5, 5.41) is 8.33. The molecule has 1 N–H and O–H groups in total. The Morgan fingerprint density at radius 2 is 1.41 bits per heavy atom. The Labute approximate surface area is 130 Å². The van der Waals surface area contributed by atoms with E-state index >= 15 is 0 Å². The Balaban J connectivity index is 2.30. The van der Waals surface area contributed by atoms with Crippen LogP contribution >= 0.6 is 0 Å². The molecule has 2 aromatic carbocycles. The number of nitrogens with zero attached hydrogens (tertiary/aromatic N) is 2. The highest BCUT2D eigenvalue weighted by molar-refractivity contribution is 6.10. The first-order chi connectivity index (χ1) is 10.6. The van der Waals surface area contributed by atoms with E-state index in [2.05, 4.69) is 0 Å². The van der Waals surface area contributed by atoms with E-state index in [-0.39, 0.29) is 11.9 Å². The number of benzene rings is 2. The van der Waals surface area contributed by atoms with Gasteiger partial charge in [-0.25, -0.2) is 0 Å². The predicted octanol–water partition coefficient (Wildman–Crippen LogP) is 2.66. The van der Waals surface area contributed by atoms with Crippen LogP contribution in [0.25, 0.3) is 0 Å². The fourth-order valence-corrected chi connectivity index (χ4v) is 3.23. The van der Waals surface area contributed by atoms with Crippen LogP contribution in [0.1, 0.15) is 18.1 Å². The molecule has 1 heterocycles. The maximum Gasteiger partial charge on any atom is 0.264 e. The first-order valence-electron chi connectivity index (χ1n) is 7.39. The average Bonchev–Trinajstić information content (AvgIpc) is 2.76. The fourth-order valence-electron chi connectivity index (χ4n) is 3.23. The van der Waals surface area contributed by atoms with Crippen LogP contribution < -0.4 is 0 Å². The Bertz CT molecular complexity index is 657. The molecule has 4 nitrogen and oxygen atoms in total. The fraction of sp³-hybridized carbons (Fsp3) is 0.222. The zero-order chi connectivity index (χ0) is 15.7. The van der Waals surface area contributed by atoms with Crippen LogP contribution in [0.3, 0.4) is 0 Å². The lowest BCUT2D eigenvalue weighted by atomic mass is 9.81. The van der Waals surface area contributed by atoms with Crippen molar-refractivity contribution in [3.63, 3.8) is 0 Å². The van der Waals surface area contributed by atoms with Crippen molar-refractivity contribution in [2.24, 2.45) is 0 Å².